The van der Waals surface area contributed by atoms with Crippen molar-refractivity contribution < 1.29 is 4.39 Å². The molecule has 2 aromatic rings. The van der Waals surface area contributed by atoms with Crippen LogP contribution in [0.4, 0.5) is 4.39 Å². The number of nitrogens with zero attached hydrogens (tertiary/aromatic N) is 3. The Bertz CT molecular complexity index is 721. The molecule has 2 N–H and O–H groups in total. The first-order valence-corrected chi connectivity index (χ1v) is 8.77. The summed E-state index contributed by atoms with van der Waals surface area (Å²) in [6.45, 7) is 8.31. The van der Waals surface area contributed by atoms with Gasteiger partial charge in [-0.2, -0.15) is 5.10 Å². The van der Waals surface area contributed by atoms with Crippen molar-refractivity contribution in [2.75, 3.05) is 13.1 Å². The van der Waals surface area contributed by atoms with Crippen molar-refractivity contribution in [3.8, 4) is 0 Å². The third-order valence-corrected chi connectivity index (χ3v) is 4.22. The molecule has 5 nitrogen and oxygen atoms in total. The van der Waals surface area contributed by atoms with E-state index < -0.39 is 0 Å². The second-order valence-electron chi connectivity index (χ2n) is 6.13. The van der Waals surface area contributed by atoms with Crippen LogP contribution in [0.3, 0.4) is 0 Å². The van der Waals surface area contributed by atoms with E-state index in [-0.39, 0.29) is 5.82 Å². The maximum Gasteiger partial charge on any atom is 0.191 e. The first kappa shape index (κ1) is 19.0. The van der Waals surface area contributed by atoms with Crippen LogP contribution in [-0.2, 0) is 20.0 Å². The van der Waals surface area contributed by atoms with Gasteiger partial charge in [-0.1, -0.05) is 12.1 Å². The molecule has 0 saturated carbocycles. The average Bonchev–Trinajstić information content (AvgIpc) is 2.82. The third kappa shape index (κ3) is 5.59. The van der Waals surface area contributed by atoms with Crippen LogP contribution in [0.5, 0.6) is 0 Å². The largest absolute Gasteiger partial charge is 0.357 e. The second-order valence-corrected chi connectivity index (χ2v) is 6.13. The minimum Gasteiger partial charge on any atom is -0.357 e. The van der Waals surface area contributed by atoms with Gasteiger partial charge in [0, 0.05) is 31.4 Å². The Hall–Kier alpha value is -2.37. The first-order valence-electron chi connectivity index (χ1n) is 8.77. The van der Waals surface area contributed by atoms with Crippen LogP contribution in [0.25, 0.3) is 0 Å². The van der Waals surface area contributed by atoms with Crippen molar-refractivity contribution in [2.24, 2.45) is 12.0 Å². The maximum atomic E-state index is 13.2. The minimum absolute atomic E-state index is 0.178. The van der Waals surface area contributed by atoms with Gasteiger partial charge in [0.1, 0.15) is 5.82 Å². The molecule has 1 aromatic heterocycles. The Morgan fingerprint density at radius 3 is 2.72 bits per heavy atom. The maximum absolute atomic E-state index is 13.2. The van der Waals surface area contributed by atoms with E-state index in [0.29, 0.717) is 6.54 Å². The normalized spacial score (nSPS) is 11.6. The molecule has 2 rings (SSSR count). The number of benzene rings is 1. The summed E-state index contributed by atoms with van der Waals surface area (Å²) in [6, 6.07) is 6.77. The third-order valence-electron chi connectivity index (χ3n) is 4.22. The zero-order valence-electron chi connectivity index (χ0n) is 15.6. The SMILES string of the molecule is CCNC(=NCc1c(C)nn(C)c1C)NCCCc1cccc(F)c1. The fourth-order valence-corrected chi connectivity index (χ4v) is 2.74. The van der Waals surface area contributed by atoms with Crippen molar-refractivity contribution in [3.05, 3.63) is 52.6 Å². The number of guanidine groups is 1. The highest BCUT2D eigenvalue weighted by atomic mass is 19.1. The fourth-order valence-electron chi connectivity index (χ4n) is 2.74. The number of hydrogen-bond acceptors (Lipinski definition) is 2. The van der Waals surface area contributed by atoms with E-state index in [2.05, 4.69) is 27.6 Å². The number of aryl methyl sites for hydroxylation is 3. The van der Waals surface area contributed by atoms with Crippen LogP contribution < -0.4 is 10.6 Å². The lowest BCUT2D eigenvalue weighted by atomic mass is 10.1. The molecular weight excluding hydrogens is 317 g/mol. The molecule has 0 saturated heterocycles. The van der Waals surface area contributed by atoms with Gasteiger partial charge in [-0.05, 0) is 51.3 Å². The van der Waals surface area contributed by atoms with Gasteiger partial charge < -0.3 is 10.6 Å². The van der Waals surface area contributed by atoms with E-state index in [9.17, 15) is 4.39 Å². The highest BCUT2D eigenvalue weighted by Gasteiger charge is 2.08. The number of nitrogens with one attached hydrogen (secondary N) is 2. The van der Waals surface area contributed by atoms with Gasteiger partial charge >= 0.3 is 0 Å². The van der Waals surface area contributed by atoms with Gasteiger partial charge in [-0.3, -0.25) is 4.68 Å². The summed E-state index contributed by atoms with van der Waals surface area (Å²) >= 11 is 0. The number of rotatable bonds is 7. The molecule has 1 heterocycles. The van der Waals surface area contributed by atoms with Gasteiger partial charge in [-0.15, -0.1) is 0 Å². The standard InChI is InChI=1S/C19H28FN5/c1-5-21-19(23-13-18-14(2)24-25(4)15(18)3)22-11-7-9-16-8-6-10-17(20)12-16/h6,8,10,12H,5,7,9,11,13H2,1-4H3,(H2,21,22,23). The highest BCUT2D eigenvalue weighted by Crippen LogP contribution is 2.12. The summed E-state index contributed by atoms with van der Waals surface area (Å²) in [7, 11) is 1.95. The summed E-state index contributed by atoms with van der Waals surface area (Å²) in [6.07, 6.45) is 1.75. The number of aromatic nitrogens is 2. The van der Waals surface area contributed by atoms with Crippen molar-refractivity contribution in [3.63, 3.8) is 0 Å². The average molecular weight is 345 g/mol. The quantitative estimate of drug-likeness (QED) is 0.461. The van der Waals surface area contributed by atoms with Crippen LogP contribution >= 0.6 is 0 Å². The Kier molecular flexibility index (Phi) is 6.98. The molecule has 6 heteroatoms. The van der Waals surface area contributed by atoms with Crippen molar-refractivity contribution >= 4 is 5.96 Å². The van der Waals surface area contributed by atoms with Crippen LogP contribution in [-0.4, -0.2) is 28.8 Å². The minimum atomic E-state index is -0.178. The lowest BCUT2D eigenvalue weighted by molar-refractivity contribution is 0.624. The number of halogens is 1. The molecule has 0 bridgehead atoms. The number of aliphatic imine (C=N–C) groups is 1. The van der Waals surface area contributed by atoms with Gasteiger partial charge in [-0.25, -0.2) is 9.38 Å². The molecule has 0 spiro atoms. The van der Waals surface area contributed by atoms with E-state index in [1.54, 1.807) is 12.1 Å². The van der Waals surface area contributed by atoms with E-state index in [0.717, 1.165) is 48.8 Å². The lowest BCUT2D eigenvalue weighted by Gasteiger charge is -2.11. The van der Waals surface area contributed by atoms with Crippen molar-refractivity contribution in [1.82, 2.24) is 20.4 Å². The molecular formula is C19H28FN5. The summed E-state index contributed by atoms with van der Waals surface area (Å²) in [4.78, 5) is 4.66. The topological polar surface area (TPSA) is 54.2 Å². The molecule has 0 radical (unpaired) electrons. The Morgan fingerprint density at radius 1 is 1.28 bits per heavy atom. The van der Waals surface area contributed by atoms with Crippen molar-refractivity contribution in [1.29, 1.82) is 0 Å². The summed E-state index contributed by atoms with van der Waals surface area (Å²) in [5, 5.41) is 11.0. The van der Waals surface area contributed by atoms with Gasteiger partial charge in [0.2, 0.25) is 0 Å². The molecule has 25 heavy (non-hydrogen) atoms. The Balaban J connectivity index is 1.87. The fraction of sp³-hybridized carbons (Fsp3) is 0.474. The Morgan fingerprint density at radius 2 is 2.08 bits per heavy atom. The molecule has 1 aromatic carbocycles. The Labute approximate surface area is 149 Å². The summed E-state index contributed by atoms with van der Waals surface area (Å²) < 4.78 is 15.1. The number of hydrogen-bond donors (Lipinski definition) is 2. The van der Waals surface area contributed by atoms with E-state index in [1.807, 2.05) is 31.6 Å². The molecule has 0 aliphatic heterocycles. The van der Waals surface area contributed by atoms with Gasteiger partial charge in [0.15, 0.2) is 5.96 Å². The predicted molar refractivity (Wildman–Crippen MR) is 100 cm³/mol. The van der Waals surface area contributed by atoms with Crippen LogP contribution in [0, 0.1) is 19.7 Å². The molecule has 0 aliphatic carbocycles. The predicted octanol–water partition coefficient (Wildman–Crippen LogP) is 2.86. The van der Waals surface area contributed by atoms with Crippen LogP contribution in [0.1, 0.15) is 35.9 Å². The lowest BCUT2D eigenvalue weighted by Crippen LogP contribution is -2.37. The van der Waals surface area contributed by atoms with Gasteiger partial charge in [0.25, 0.3) is 0 Å². The zero-order chi connectivity index (χ0) is 18.2. The smallest absolute Gasteiger partial charge is 0.191 e. The van der Waals surface area contributed by atoms with Crippen LogP contribution in [0.15, 0.2) is 29.3 Å². The van der Waals surface area contributed by atoms with Crippen LogP contribution in [0.2, 0.25) is 0 Å². The monoisotopic (exact) mass is 345 g/mol. The van der Waals surface area contributed by atoms with E-state index >= 15 is 0 Å². The summed E-state index contributed by atoms with van der Waals surface area (Å²) in [5.41, 5.74) is 4.35. The molecule has 0 atom stereocenters. The molecule has 0 aliphatic rings. The molecule has 136 valence electrons. The molecule has 0 amide bonds. The molecule has 0 unspecified atom stereocenters. The van der Waals surface area contributed by atoms with Gasteiger partial charge in [0.05, 0.1) is 12.2 Å². The van der Waals surface area contributed by atoms with Crippen molar-refractivity contribution in [2.45, 2.75) is 40.2 Å². The van der Waals surface area contributed by atoms with E-state index in [1.165, 1.54) is 11.6 Å². The second kappa shape index (κ2) is 9.20. The summed E-state index contributed by atoms with van der Waals surface area (Å²) in [5.74, 6) is 0.618. The highest BCUT2D eigenvalue weighted by molar-refractivity contribution is 5.79. The first-order chi connectivity index (χ1) is 12.0. The van der Waals surface area contributed by atoms with E-state index in [4.69, 9.17) is 0 Å². The zero-order valence-corrected chi connectivity index (χ0v) is 15.6. The molecule has 0 fully saturated rings.